The summed E-state index contributed by atoms with van der Waals surface area (Å²) in [7, 11) is 0. The predicted octanol–water partition coefficient (Wildman–Crippen LogP) is 2.80. The molecule has 1 heterocycles. The molecule has 0 unspecified atom stereocenters. The summed E-state index contributed by atoms with van der Waals surface area (Å²) in [6.45, 7) is 0. The molecule has 0 bridgehead atoms. The Morgan fingerprint density at radius 1 is 1.36 bits per heavy atom. The molecule has 1 aliphatic rings. The summed E-state index contributed by atoms with van der Waals surface area (Å²) in [6, 6.07) is 4.59. The van der Waals surface area contributed by atoms with Crippen LogP contribution in [0.2, 0.25) is 0 Å². The minimum atomic E-state index is 0.603. The Labute approximate surface area is 84.0 Å². The first-order valence-corrected chi connectivity index (χ1v) is 5.26. The Kier molecular flexibility index (Phi) is 2.87. The van der Waals surface area contributed by atoms with E-state index in [1.165, 1.54) is 38.3 Å². The van der Waals surface area contributed by atoms with Gasteiger partial charge in [-0.05, 0) is 25.0 Å². The van der Waals surface area contributed by atoms with E-state index < -0.39 is 0 Å². The van der Waals surface area contributed by atoms with E-state index in [2.05, 4.69) is 15.9 Å². The molecule has 0 spiro atoms. The van der Waals surface area contributed by atoms with Crippen LogP contribution in [0.25, 0.3) is 0 Å². The summed E-state index contributed by atoms with van der Waals surface area (Å²) in [4.78, 5) is 0. The summed E-state index contributed by atoms with van der Waals surface area (Å²) < 4.78 is 2.22. The zero-order valence-corrected chi connectivity index (χ0v) is 8.26. The molecule has 14 heavy (non-hydrogen) atoms. The molecule has 1 aromatic rings. The van der Waals surface area contributed by atoms with Crippen molar-refractivity contribution in [2.24, 2.45) is 5.16 Å². The van der Waals surface area contributed by atoms with Crippen molar-refractivity contribution in [1.29, 1.82) is 0 Å². The summed E-state index contributed by atoms with van der Waals surface area (Å²) in [5.74, 6) is 0. The van der Waals surface area contributed by atoms with Crippen LogP contribution in [-0.2, 0) is 0 Å². The lowest BCUT2D eigenvalue weighted by Crippen LogP contribution is -2.14. The number of aromatic nitrogens is 1. The normalized spacial score (nSPS) is 19.1. The van der Waals surface area contributed by atoms with E-state index in [1.807, 2.05) is 12.1 Å². The predicted molar refractivity (Wildman–Crippen MR) is 55.9 cm³/mol. The highest BCUT2D eigenvalue weighted by Crippen LogP contribution is 2.28. The smallest absolute Gasteiger partial charge is 0.0898 e. The van der Waals surface area contributed by atoms with Gasteiger partial charge in [-0.1, -0.05) is 24.4 Å². The molecule has 1 N–H and O–H groups in total. The van der Waals surface area contributed by atoms with Gasteiger partial charge < -0.3 is 9.77 Å². The summed E-state index contributed by atoms with van der Waals surface area (Å²) in [5, 5.41) is 11.6. The number of hydrogen-bond acceptors (Lipinski definition) is 2. The van der Waals surface area contributed by atoms with Gasteiger partial charge in [0, 0.05) is 12.2 Å². The van der Waals surface area contributed by atoms with Gasteiger partial charge in [-0.25, -0.2) is 0 Å². The van der Waals surface area contributed by atoms with E-state index in [0.29, 0.717) is 6.04 Å². The van der Waals surface area contributed by atoms with Gasteiger partial charge in [0.05, 0.1) is 11.9 Å². The van der Waals surface area contributed by atoms with Crippen molar-refractivity contribution in [3.63, 3.8) is 0 Å². The van der Waals surface area contributed by atoms with Crippen LogP contribution in [-0.4, -0.2) is 16.0 Å². The Morgan fingerprint density at radius 2 is 2.14 bits per heavy atom. The topological polar surface area (TPSA) is 37.5 Å². The highest BCUT2D eigenvalue weighted by atomic mass is 16.4. The van der Waals surface area contributed by atoms with Gasteiger partial charge in [0.15, 0.2) is 0 Å². The van der Waals surface area contributed by atoms with E-state index in [9.17, 15) is 0 Å². The highest BCUT2D eigenvalue weighted by molar-refractivity contribution is 5.76. The van der Waals surface area contributed by atoms with Gasteiger partial charge in [0.2, 0.25) is 0 Å². The molecule has 2 rings (SSSR count). The average Bonchev–Trinajstić information content (AvgIpc) is 2.68. The summed E-state index contributed by atoms with van der Waals surface area (Å²) in [6.07, 6.45) is 10.1. The molecule has 0 saturated heterocycles. The second kappa shape index (κ2) is 4.31. The van der Waals surface area contributed by atoms with Gasteiger partial charge in [0.25, 0.3) is 0 Å². The molecule has 1 fully saturated rings. The van der Waals surface area contributed by atoms with Gasteiger partial charge in [-0.2, -0.15) is 0 Å². The van der Waals surface area contributed by atoms with Crippen LogP contribution in [0.4, 0.5) is 0 Å². The fourth-order valence-corrected chi connectivity index (χ4v) is 2.27. The fraction of sp³-hybridized carbons (Fsp3) is 0.545. The third-order valence-electron chi connectivity index (χ3n) is 2.97. The maximum Gasteiger partial charge on any atom is 0.0898 e. The Balaban J connectivity index is 2.17. The molecule has 76 valence electrons. The van der Waals surface area contributed by atoms with Crippen molar-refractivity contribution in [2.75, 3.05) is 0 Å². The van der Waals surface area contributed by atoms with Crippen molar-refractivity contribution >= 4 is 6.21 Å². The van der Waals surface area contributed by atoms with E-state index in [4.69, 9.17) is 5.21 Å². The molecule has 3 heteroatoms. The third kappa shape index (κ3) is 1.81. The minimum absolute atomic E-state index is 0.603. The lowest BCUT2D eigenvalue weighted by atomic mass is 9.95. The number of hydrogen-bond donors (Lipinski definition) is 1. The maximum atomic E-state index is 8.52. The van der Waals surface area contributed by atoms with Gasteiger partial charge in [-0.3, -0.25) is 0 Å². The third-order valence-corrected chi connectivity index (χ3v) is 2.97. The molecular weight excluding hydrogens is 176 g/mol. The molecule has 0 amide bonds. The van der Waals surface area contributed by atoms with Crippen molar-refractivity contribution < 1.29 is 5.21 Å². The Bertz CT molecular complexity index is 311. The monoisotopic (exact) mass is 192 g/mol. The van der Waals surface area contributed by atoms with Crippen molar-refractivity contribution in [2.45, 2.75) is 38.1 Å². The molecule has 1 aliphatic carbocycles. The summed E-state index contributed by atoms with van der Waals surface area (Å²) in [5.41, 5.74) is 0.999. The van der Waals surface area contributed by atoms with Crippen LogP contribution in [0.15, 0.2) is 23.5 Å². The molecule has 0 atom stereocenters. The average molecular weight is 192 g/mol. The van der Waals surface area contributed by atoms with E-state index in [-0.39, 0.29) is 0 Å². The molecule has 0 aromatic carbocycles. The number of oxime groups is 1. The first-order valence-electron chi connectivity index (χ1n) is 5.26. The van der Waals surface area contributed by atoms with Crippen LogP contribution in [0.3, 0.4) is 0 Å². The SMILES string of the molecule is ON=Cc1cccn1C1CCCCC1. The molecule has 3 nitrogen and oxygen atoms in total. The van der Waals surface area contributed by atoms with E-state index in [0.717, 1.165) is 5.69 Å². The first kappa shape index (κ1) is 9.31. The lowest BCUT2D eigenvalue weighted by Gasteiger charge is -2.24. The standard InChI is InChI=1S/C11H16N2O/c14-12-9-11-7-4-8-13(11)10-5-2-1-3-6-10/h4,7-10,14H,1-3,5-6H2. The van der Waals surface area contributed by atoms with E-state index in [1.54, 1.807) is 0 Å². The van der Waals surface area contributed by atoms with E-state index >= 15 is 0 Å². The number of nitrogens with zero attached hydrogens (tertiary/aromatic N) is 2. The first-order chi connectivity index (χ1) is 6.92. The molecule has 1 aromatic heterocycles. The zero-order valence-electron chi connectivity index (χ0n) is 8.26. The van der Waals surface area contributed by atoms with Crippen LogP contribution >= 0.6 is 0 Å². The van der Waals surface area contributed by atoms with Crippen molar-refractivity contribution in [1.82, 2.24) is 4.57 Å². The lowest BCUT2D eigenvalue weighted by molar-refractivity contribution is 0.320. The van der Waals surface area contributed by atoms with Crippen molar-refractivity contribution in [3.05, 3.63) is 24.0 Å². The highest BCUT2D eigenvalue weighted by Gasteiger charge is 2.15. The second-order valence-electron chi connectivity index (χ2n) is 3.88. The van der Waals surface area contributed by atoms with Gasteiger partial charge in [-0.15, -0.1) is 0 Å². The second-order valence-corrected chi connectivity index (χ2v) is 3.88. The molecular formula is C11H16N2O. The van der Waals surface area contributed by atoms with Crippen LogP contribution in [0.5, 0.6) is 0 Å². The quantitative estimate of drug-likeness (QED) is 0.436. The Morgan fingerprint density at radius 3 is 2.86 bits per heavy atom. The Hall–Kier alpha value is -1.25. The van der Waals surface area contributed by atoms with Gasteiger partial charge >= 0.3 is 0 Å². The molecule has 0 aliphatic heterocycles. The summed E-state index contributed by atoms with van der Waals surface area (Å²) >= 11 is 0. The minimum Gasteiger partial charge on any atom is -0.411 e. The zero-order chi connectivity index (χ0) is 9.80. The molecule has 1 saturated carbocycles. The largest absolute Gasteiger partial charge is 0.411 e. The van der Waals surface area contributed by atoms with Crippen molar-refractivity contribution in [3.8, 4) is 0 Å². The van der Waals surface area contributed by atoms with Crippen LogP contribution in [0.1, 0.15) is 43.8 Å². The van der Waals surface area contributed by atoms with Crippen LogP contribution < -0.4 is 0 Å². The molecule has 0 radical (unpaired) electrons. The maximum absolute atomic E-state index is 8.52. The number of rotatable bonds is 2. The van der Waals surface area contributed by atoms with Crippen LogP contribution in [0, 0.1) is 0 Å². The fourth-order valence-electron chi connectivity index (χ4n) is 2.27. The van der Waals surface area contributed by atoms with Gasteiger partial charge in [0.1, 0.15) is 0 Å².